The van der Waals surface area contributed by atoms with E-state index in [4.69, 9.17) is 9.15 Å². The first-order chi connectivity index (χ1) is 14.4. The molecule has 0 saturated carbocycles. The Labute approximate surface area is 172 Å². The molecule has 0 atom stereocenters. The van der Waals surface area contributed by atoms with Crippen LogP contribution in [0.3, 0.4) is 0 Å². The standard InChI is InChI=1S/C21H17N3O5S/c1-28-15-8-6-14(7-9-15)24-20(16-11-30(26,27)12-17(16)23-24)22-21(25)19-10-13-4-2-3-5-18(13)29-19/h2-10H,11-12H2,1H3,(H,22,25). The Morgan fingerprint density at radius 2 is 1.90 bits per heavy atom. The van der Waals surface area contributed by atoms with Gasteiger partial charge in [-0.2, -0.15) is 5.10 Å². The number of benzene rings is 2. The normalized spacial score (nSPS) is 14.6. The van der Waals surface area contributed by atoms with Crippen LogP contribution in [0.25, 0.3) is 16.7 Å². The fourth-order valence-electron chi connectivity index (χ4n) is 3.54. The zero-order chi connectivity index (χ0) is 20.9. The summed E-state index contributed by atoms with van der Waals surface area (Å²) in [5.74, 6) is 0.324. The van der Waals surface area contributed by atoms with Gasteiger partial charge in [-0.05, 0) is 36.4 Å². The molecule has 4 aromatic rings. The number of hydrogen-bond acceptors (Lipinski definition) is 6. The van der Waals surface area contributed by atoms with Crippen LogP contribution in [0.2, 0.25) is 0 Å². The molecular weight excluding hydrogens is 406 g/mol. The Hall–Kier alpha value is -3.59. The van der Waals surface area contributed by atoms with Crippen LogP contribution in [-0.4, -0.2) is 31.2 Å². The number of carbonyl (C=O) groups is 1. The lowest BCUT2D eigenvalue weighted by atomic mass is 10.2. The molecule has 5 rings (SSSR count). The second-order valence-electron chi connectivity index (χ2n) is 7.02. The van der Waals surface area contributed by atoms with Gasteiger partial charge in [0.1, 0.15) is 17.2 Å². The summed E-state index contributed by atoms with van der Waals surface area (Å²) in [5.41, 5.74) is 2.20. The number of methoxy groups -OCH3 is 1. The molecule has 0 bridgehead atoms. The molecule has 2 aromatic heterocycles. The van der Waals surface area contributed by atoms with Gasteiger partial charge in [-0.15, -0.1) is 0 Å². The number of fused-ring (bicyclic) bond motifs is 2. The van der Waals surface area contributed by atoms with Gasteiger partial charge in [0.15, 0.2) is 15.6 Å². The van der Waals surface area contributed by atoms with E-state index in [1.54, 1.807) is 48.2 Å². The van der Waals surface area contributed by atoms with Gasteiger partial charge in [-0.25, -0.2) is 13.1 Å². The molecule has 1 N–H and O–H groups in total. The van der Waals surface area contributed by atoms with Crippen LogP contribution in [-0.2, 0) is 21.3 Å². The number of sulfone groups is 1. The first-order valence-corrected chi connectivity index (χ1v) is 11.0. The van der Waals surface area contributed by atoms with Crippen molar-refractivity contribution in [3.8, 4) is 11.4 Å². The number of aromatic nitrogens is 2. The highest BCUT2D eigenvalue weighted by molar-refractivity contribution is 7.90. The molecular formula is C21H17N3O5S. The highest BCUT2D eigenvalue weighted by Gasteiger charge is 2.33. The first-order valence-electron chi connectivity index (χ1n) is 9.19. The second-order valence-corrected chi connectivity index (χ2v) is 9.08. The van der Waals surface area contributed by atoms with Crippen LogP contribution in [0.4, 0.5) is 5.82 Å². The van der Waals surface area contributed by atoms with Gasteiger partial charge in [-0.1, -0.05) is 18.2 Å². The van der Waals surface area contributed by atoms with Crippen molar-refractivity contribution in [1.29, 1.82) is 0 Å². The fourth-order valence-corrected chi connectivity index (χ4v) is 5.04. The summed E-state index contributed by atoms with van der Waals surface area (Å²) in [6.07, 6.45) is 0. The topological polar surface area (TPSA) is 103 Å². The molecule has 0 saturated heterocycles. The molecule has 152 valence electrons. The third-order valence-electron chi connectivity index (χ3n) is 4.99. The lowest BCUT2D eigenvalue weighted by molar-refractivity contribution is 0.0998. The van der Waals surface area contributed by atoms with E-state index in [0.717, 1.165) is 5.39 Å². The number of amides is 1. The molecule has 8 nitrogen and oxygen atoms in total. The Bertz CT molecular complexity index is 1350. The van der Waals surface area contributed by atoms with Gasteiger partial charge in [0.25, 0.3) is 5.91 Å². The summed E-state index contributed by atoms with van der Waals surface area (Å²) < 4.78 is 36.6. The molecule has 9 heteroatoms. The SMILES string of the molecule is COc1ccc(-n2nc3c(c2NC(=O)c2cc4ccccc4o2)CS(=O)(=O)C3)cc1. The highest BCUT2D eigenvalue weighted by atomic mass is 32.2. The van der Waals surface area contributed by atoms with E-state index >= 15 is 0 Å². The van der Waals surface area contributed by atoms with Crippen LogP contribution < -0.4 is 10.1 Å². The number of rotatable bonds is 4. The van der Waals surface area contributed by atoms with E-state index in [2.05, 4.69) is 10.4 Å². The van der Waals surface area contributed by atoms with Crippen molar-refractivity contribution in [1.82, 2.24) is 9.78 Å². The number of carbonyl (C=O) groups excluding carboxylic acids is 1. The summed E-state index contributed by atoms with van der Waals surface area (Å²) in [6, 6.07) is 16.1. The van der Waals surface area contributed by atoms with Gasteiger partial charge < -0.3 is 14.5 Å². The Balaban J connectivity index is 1.56. The quantitative estimate of drug-likeness (QED) is 0.540. The number of furan rings is 1. The lowest BCUT2D eigenvalue weighted by Crippen LogP contribution is -2.16. The number of hydrogen-bond donors (Lipinski definition) is 1. The van der Waals surface area contributed by atoms with E-state index in [0.29, 0.717) is 34.1 Å². The minimum atomic E-state index is -3.29. The number of anilines is 1. The molecule has 0 fully saturated rings. The summed E-state index contributed by atoms with van der Waals surface area (Å²) in [4.78, 5) is 12.9. The zero-order valence-corrected chi connectivity index (χ0v) is 16.8. The summed E-state index contributed by atoms with van der Waals surface area (Å²) in [6.45, 7) is 0. The fraction of sp³-hybridized carbons (Fsp3) is 0.143. The molecule has 0 aliphatic carbocycles. The Kier molecular flexibility index (Phi) is 4.14. The highest BCUT2D eigenvalue weighted by Crippen LogP contribution is 2.33. The van der Waals surface area contributed by atoms with Crippen molar-refractivity contribution < 1.29 is 22.4 Å². The monoisotopic (exact) mass is 423 g/mol. The van der Waals surface area contributed by atoms with Crippen molar-refractivity contribution >= 4 is 32.5 Å². The first kappa shape index (κ1) is 18.4. The molecule has 1 amide bonds. The predicted molar refractivity (Wildman–Crippen MR) is 111 cm³/mol. The van der Waals surface area contributed by atoms with Gasteiger partial charge >= 0.3 is 0 Å². The second kappa shape index (κ2) is 6.74. The Morgan fingerprint density at radius 3 is 2.63 bits per heavy atom. The molecule has 0 radical (unpaired) electrons. The maximum Gasteiger partial charge on any atom is 0.292 e. The maximum absolute atomic E-state index is 12.9. The van der Waals surface area contributed by atoms with Gasteiger partial charge in [0.2, 0.25) is 0 Å². The molecule has 0 unspecified atom stereocenters. The largest absolute Gasteiger partial charge is 0.497 e. The van der Waals surface area contributed by atoms with Crippen molar-refractivity contribution in [2.75, 3.05) is 12.4 Å². The third kappa shape index (κ3) is 3.13. The van der Waals surface area contributed by atoms with Crippen molar-refractivity contribution in [3.05, 3.63) is 71.6 Å². The predicted octanol–water partition coefficient (Wildman–Crippen LogP) is 3.31. The van der Waals surface area contributed by atoms with Crippen LogP contribution in [0.5, 0.6) is 5.75 Å². The number of para-hydroxylation sites is 1. The molecule has 1 aliphatic heterocycles. The number of ether oxygens (including phenoxy) is 1. The van der Waals surface area contributed by atoms with E-state index in [-0.39, 0.29) is 17.3 Å². The van der Waals surface area contributed by atoms with Crippen molar-refractivity contribution in [2.45, 2.75) is 11.5 Å². The smallest absolute Gasteiger partial charge is 0.292 e. The average Bonchev–Trinajstić information content (AvgIpc) is 3.39. The molecule has 30 heavy (non-hydrogen) atoms. The summed E-state index contributed by atoms with van der Waals surface area (Å²) in [5, 5.41) is 8.06. The molecule has 3 heterocycles. The van der Waals surface area contributed by atoms with E-state index in [9.17, 15) is 13.2 Å². The number of nitrogens with zero attached hydrogens (tertiary/aromatic N) is 2. The van der Waals surface area contributed by atoms with Crippen molar-refractivity contribution in [3.63, 3.8) is 0 Å². The third-order valence-corrected chi connectivity index (χ3v) is 6.43. The van der Waals surface area contributed by atoms with Gasteiger partial charge in [-0.3, -0.25) is 4.79 Å². The van der Waals surface area contributed by atoms with E-state index in [1.165, 1.54) is 0 Å². The van der Waals surface area contributed by atoms with E-state index < -0.39 is 15.7 Å². The molecule has 0 spiro atoms. The van der Waals surface area contributed by atoms with Crippen LogP contribution >= 0.6 is 0 Å². The maximum atomic E-state index is 12.9. The number of nitrogens with one attached hydrogen (secondary N) is 1. The average molecular weight is 423 g/mol. The minimum Gasteiger partial charge on any atom is -0.497 e. The lowest BCUT2D eigenvalue weighted by Gasteiger charge is -2.11. The Morgan fingerprint density at radius 1 is 1.13 bits per heavy atom. The summed E-state index contributed by atoms with van der Waals surface area (Å²) in [7, 11) is -1.71. The molecule has 1 aliphatic rings. The summed E-state index contributed by atoms with van der Waals surface area (Å²) >= 11 is 0. The van der Waals surface area contributed by atoms with Crippen LogP contribution in [0.1, 0.15) is 21.8 Å². The molecule has 2 aromatic carbocycles. The van der Waals surface area contributed by atoms with E-state index in [1.807, 2.05) is 18.2 Å². The van der Waals surface area contributed by atoms with Gasteiger partial charge in [0, 0.05) is 10.9 Å². The van der Waals surface area contributed by atoms with Crippen LogP contribution in [0, 0.1) is 0 Å². The minimum absolute atomic E-state index is 0.133. The zero-order valence-electron chi connectivity index (χ0n) is 16.0. The van der Waals surface area contributed by atoms with Gasteiger partial charge in [0.05, 0.1) is 30.0 Å². The van der Waals surface area contributed by atoms with Crippen molar-refractivity contribution in [2.24, 2.45) is 0 Å². The van der Waals surface area contributed by atoms with Crippen LogP contribution in [0.15, 0.2) is 59.0 Å².